The summed E-state index contributed by atoms with van der Waals surface area (Å²) < 4.78 is 4.86. The highest BCUT2D eigenvalue weighted by molar-refractivity contribution is 5.66. The molecule has 3 nitrogen and oxygen atoms in total. The molecule has 0 aliphatic rings. The van der Waals surface area contributed by atoms with Crippen molar-refractivity contribution >= 4 is 5.97 Å². The number of hydrogen-bond acceptors (Lipinski definition) is 3. The predicted octanol–water partition coefficient (Wildman–Crippen LogP) is 3.76. The third kappa shape index (κ3) is 13.4. The lowest BCUT2D eigenvalue weighted by Crippen LogP contribution is -2.25. The van der Waals surface area contributed by atoms with Crippen LogP contribution in [0.2, 0.25) is 0 Å². The van der Waals surface area contributed by atoms with Crippen LogP contribution in [0.4, 0.5) is 0 Å². The Kier molecular flexibility index (Phi) is 11.5. The molecular formula is C14H29NO2. The number of carbonyl (C=O) groups is 1. The minimum Gasteiger partial charge on any atom is -0.447 e. The van der Waals surface area contributed by atoms with Crippen molar-refractivity contribution in [3.63, 3.8) is 0 Å². The fourth-order valence-electron chi connectivity index (χ4n) is 1.93. The summed E-state index contributed by atoms with van der Waals surface area (Å²) in [5.41, 5.74) is 5.63. The van der Waals surface area contributed by atoms with Crippen molar-refractivity contribution in [1.29, 1.82) is 0 Å². The molecule has 1 atom stereocenters. The van der Waals surface area contributed by atoms with Gasteiger partial charge in [0, 0.05) is 6.92 Å². The van der Waals surface area contributed by atoms with Crippen molar-refractivity contribution in [3.05, 3.63) is 0 Å². The smallest absolute Gasteiger partial charge is 0.304 e. The van der Waals surface area contributed by atoms with Crippen molar-refractivity contribution < 1.29 is 9.53 Å². The normalized spacial score (nSPS) is 12.4. The molecule has 0 radical (unpaired) electrons. The first kappa shape index (κ1) is 16.4. The monoisotopic (exact) mass is 243 g/mol. The number of carbonyl (C=O) groups excluding carboxylic acids is 1. The lowest BCUT2D eigenvalue weighted by molar-refractivity contribution is -0.146. The van der Waals surface area contributed by atoms with Crippen LogP contribution >= 0.6 is 0 Å². The van der Waals surface area contributed by atoms with E-state index in [4.69, 9.17) is 10.5 Å². The Morgan fingerprint density at radius 2 is 1.47 bits per heavy atom. The van der Waals surface area contributed by atoms with Gasteiger partial charge in [0.1, 0.15) is 0 Å². The molecule has 0 aromatic rings. The second-order valence-corrected chi connectivity index (χ2v) is 4.76. The molecule has 0 aromatic heterocycles. The lowest BCUT2D eigenvalue weighted by atomic mass is 10.1. The zero-order valence-corrected chi connectivity index (χ0v) is 11.5. The molecule has 3 heteroatoms. The van der Waals surface area contributed by atoms with Gasteiger partial charge in [-0.1, -0.05) is 58.3 Å². The largest absolute Gasteiger partial charge is 0.447 e. The van der Waals surface area contributed by atoms with E-state index in [1.807, 2.05) is 0 Å². The van der Waals surface area contributed by atoms with Gasteiger partial charge < -0.3 is 4.74 Å². The molecule has 0 heterocycles. The first-order valence-electron chi connectivity index (χ1n) is 7.09. The van der Waals surface area contributed by atoms with Crippen LogP contribution < -0.4 is 5.73 Å². The third-order valence-corrected chi connectivity index (χ3v) is 2.91. The summed E-state index contributed by atoms with van der Waals surface area (Å²) in [7, 11) is 0. The predicted molar refractivity (Wildman–Crippen MR) is 71.6 cm³/mol. The van der Waals surface area contributed by atoms with E-state index in [0.717, 1.165) is 12.8 Å². The van der Waals surface area contributed by atoms with E-state index in [1.54, 1.807) is 0 Å². The molecule has 17 heavy (non-hydrogen) atoms. The van der Waals surface area contributed by atoms with E-state index < -0.39 is 6.23 Å². The Labute approximate surface area is 106 Å². The average Bonchev–Trinajstić information content (AvgIpc) is 2.26. The summed E-state index contributed by atoms with van der Waals surface area (Å²) in [5, 5.41) is 0. The number of nitrogens with two attached hydrogens (primary N) is 1. The van der Waals surface area contributed by atoms with Crippen LogP contribution in [0.3, 0.4) is 0 Å². The molecule has 0 spiro atoms. The van der Waals surface area contributed by atoms with E-state index >= 15 is 0 Å². The molecule has 0 saturated heterocycles. The van der Waals surface area contributed by atoms with Crippen molar-refractivity contribution in [1.82, 2.24) is 0 Å². The zero-order chi connectivity index (χ0) is 12.9. The Morgan fingerprint density at radius 3 is 1.94 bits per heavy atom. The molecule has 0 saturated carbocycles. The van der Waals surface area contributed by atoms with Gasteiger partial charge in [-0.3, -0.25) is 10.5 Å². The standard InChI is InChI=1S/C14H29NO2/c1-3-4-5-6-7-8-9-10-11-12-14(15)17-13(2)16/h14H,3-12,15H2,1-2H3. The van der Waals surface area contributed by atoms with E-state index in [-0.39, 0.29) is 5.97 Å². The van der Waals surface area contributed by atoms with Crippen LogP contribution in [-0.4, -0.2) is 12.2 Å². The van der Waals surface area contributed by atoms with Crippen LogP contribution in [0.1, 0.15) is 78.1 Å². The highest BCUT2D eigenvalue weighted by Crippen LogP contribution is 2.11. The van der Waals surface area contributed by atoms with Gasteiger partial charge in [-0.15, -0.1) is 0 Å². The number of ether oxygens (including phenoxy) is 1. The minimum atomic E-state index is -0.406. The summed E-state index contributed by atoms with van der Waals surface area (Å²) >= 11 is 0. The lowest BCUT2D eigenvalue weighted by Gasteiger charge is -2.10. The highest BCUT2D eigenvalue weighted by atomic mass is 16.5. The molecule has 0 rings (SSSR count). The molecule has 0 aliphatic heterocycles. The Balaban J connectivity index is 3.10. The van der Waals surface area contributed by atoms with Crippen LogP contribution in [0.15, 0.2) is 0 Å². The molecule has 0 bridgehead atoms. The number of unbranched alkanes of at least 4 members (excludes halogenated alkanes) is 8. The Morgan fingerprint density at radius 1 is 1.00 bits per heavy atom. The van der Waals surface area contributed by atoms with Crippen LogP contribution in [0.5, 0.6) is 0 Å². The molecule has 0 aliphatic carbocycles. The molecule has 2 N–H and O–H groups in total. The Hall–Kier alpha value is -0.570. The van der Waals surface area contributed by atoms with Crippen LogP contribution in [-0.2, 0) is 9.53 Å². The fourth-order valence-corrected chi connectivity index (χ4v) is 1.93. The van der Waals surface area contributed by atoms with Crippen LogP contribution in [0, 0.1) is 0 Å². The van der Waals surface area contributed by atoms with E-state index in [9.17, 15) is 4.79 Å². The molecular weight excluding hydrogens is 214 g/mol. The van der Waals surface area contributed by atoms with Gasteiger partial charge in [-0.2, -0.15) is 0 Å². The second-order valence-electron chi connectivity index (χ2n) is 4.76. The summed E-state index contributed by atoms with van der Waals surface area (Å²) in [6, 6.07) is 0. The van der Waals surface area contributed by atoms with Crippen molar-refractivity contribution in [2.75, 3.05) is 0 Å². The van der Waals surface area contributed by atoms with E-state index in [0.29, 0.717) is 0 Å². The molecule has 0 amide bonds. The summed E-state index contributed by atoms with van der Waals surface area (Å²) in [6.45, 7) is 3.64. The SMILES string of the molecule is CCCCCCCCCCCC(N)OC(C)=O. The fraction of sp³-hybridized carbons (Fsp3) is 0.929. The number of hydrogen-bond donors (Lipinski definition) is 1. The quantitative estimate of drug-likeness (QED) is 0.341. The maximum absolute atomic E-state index is 10.6. The number of rotatable bonds is 11. The van der Waals surface area contributed by atoms with Gasteiger partial charge in [0.05, 0.1) is 0 Å². The summed E-state index contributed by atoms with van der Waals surface area (Å²) in [4.78, 5) is 10.6. The highest BCUT2D eigenvalue weighted by Gasteiger charge is 2.04. The van der Waals surface area contributed by atoms with E-state index in [1.165, 1.54) is 58.3 Å². The summed E-state index contributed by atoms with van der Waals surface area (Å²) in [5.74, 6) is -0.284. The van der Waals surface area contributed by atoms with Gasteiger partial charge in [0.15, 0.2) is 6.23 Å². The molecule has 0 fully saturated rings. The second kappa shape index (κ2) is 11.9. The summed E-state index contributed by atoms with van der Waals surface area (Å²) in [6.07, 6.45) is 12.0. The topological polar surface area (TPSA) is 52.3 Å². The molecule has 1 unspecified atom stereocenters. The molecule has 0 aromatic carbocycles. The van der Waals surface area contributed by atoms with Crippen molar-refractivity contribution in [2.45, 2.75) is 84.3 Å². The van der Waals surface area contributed by atoms with Crippen molar-refractivity contribution in [2.24, 2.45) is 5.73 Å². The third-order valence-electron chi connectivity index (χ3n) is 2.91. The first-order chi connectivity index (χ1) is 8.16. The molecule has 102 valence electrons. The van der Waals surface area contributed by atoms with Gasteiger partial charge in [-0.05, 0) is 12.8 Å². The number of esters is 1. The minimum absolute atomic E-state index is 0.284. The van der Waals surface area contributed by atoms with Gasteiger partial charge >= 0.3 is 5.97 Å². The first-order valence-corrected chi connectivity index (χ1v) is 7.09. The van der Waals surface area contributed by atoms with Gasteiger partial charge in [0.2, 0.25) is 0 Å². The van der Waals surface area contributed by atoms with E-state index in [2.05, 4.69) is 6.92 Å². The zero-order valence-electron chi connectivity index (χ0n) is 11.5. The van der Waals surface area contributed by atoms with Gasteiger partial charge in [-0.25, -0.2) is 0 Å². The maximum Gasteiger partial charge on any atom is 0.304 e. The van der Waals surface area contributed by atoms with Crippen molar-refractivity contribution in [3.8, 4) is 0 Å². The van der Waals surface area contributed by atoms with Gasteiger partial charge in [0.25, 0.3) is 0 Å². The maximum atomic E-state index is 10.6. The Bertz CT molecular complexity index is 183. The van der Waals surface area contributed by atoms with Crippen LogP contribution in [0.25, 0.3) is 0 Å². The average molecular weight is 243 g/mol.